The van der Waals surface area contributed by atoms with E-state index < -0.39 is 18.0 Å². The summed E-state index contributed by atoms with van der Waals surface area (Å²) in [4.78, 5) is 22.7. The lowest BCUT2D eigenvalue weighted by molar-refractivity contribution is -0.142. The number of aryl methyl sites for hydroxylation is 1. The van der Waals surface area contributed by atoms with Crippen LogP contribution in [0.1, 0.15) is 12.5 Å². The van der Waals surface area contributed by atoms with Gasteiger partial charge in [-0.15, -0.1) is 0 Å². The Morgan fingerprint density at radius 3 is 2.53 bits per heavy atom. The van der Waals surface area contributed by atoms with Crippen molar-refractivity contribution in [3.05, 3.63) is 29.8 Å². The molecule has 0 aromatic heterocycles. The Balaban J connectivity index is 2.56. The number of para-hydroxylation sites is 1. The van der Waals surface area contributed by atoms with Crippen LogP contribution in [0, 0.1) is 6.92 Å². The molecular weight excluding hydrogens is 220 g/mol. The van der Waals surface area contributed by atoms with Crippen molar-refractivity contribution in [1.29, 1.82) is 0 Å². The molecule has 0 radical (unpaired) electrons. The number of esters is 1. The summed E-state index contributed by atoms with van der Waals surface area (Å²) in [5, 5.41) is 5.14. The number of benzene rings is 1. The zero-order chi connectivity index (χ0) is 12.8. The maximum absolute atomic E-state index is 11.6. The third-order valence-corrected chi connectivity index (χ3v) is 2.30. The summed E-state index contributed by atoms with van der Waals surface area (Å²) in [6.07, 6.45) is 0. The zero-order valence-electron chi connectivity index (χ0n) is 10.1. The minimum atomic E-state index is -0.677. The normalized spacial score (nSPS) is 11.5. The van der Waals surface area contributed by atoms with E-state index in [0.29, 0.717) is 5.69 Å². The molecule has 0 spiro atoms. The van der Waals surface area contributed by atoms with Crippen LogP contribution in [0.4, 0.5) is 10.5 Å². The van der Waals surface area contributed by atoms with Crippen molar-refractivity contribution in [3.63, 3.8) is 0 Å². The number of hydrogen-bond acceptors (Lipinski definition) is 3. The third-order valence-electron chi connectivity index (χ3n) is 2.30. The Bertz CT molecular complexity index is 418. The highest BCUT2D eigenvalue weighted by Gasteiger charge is 2.15. The largest absolute Gasteiger partial charge is 0.467 e. The lowest BCUT2D eigenvalue weighted by Crippen LogP contribution is -2.41. The summed E-state index contributed by atoms with van der Waals surface area (Å²) < 4.78 is 4.51. The molecule has 92 valence electrons. The van der Waals surface area contributed by atoms with E-state index in [-0.39, 0.29) is 0 Å². The predicted molar refractivity (Wildman–Crippen MR) is 64.8 cm³/mol. The molecule has 1 aromatic rings. The monoisotopic (exact) mass is 236 g/mol. The van der Waals surface area contributed by atoms with E-state index in [1.807, 2.05) is 25.1 Å². The third kappa shape index (κ3) is 3.79. The van der Waals surface area contributed by atoms with Crippen molar-refractivity contribution in [3.8, 4) is 0 Å². The minimum absolute atomic E-state index is 0.433. The molecule has 0 bridgehead atoms. The van der Waals surface area contributed by atoms with E-state index in [9.17, 15) is 9.59 Å². The molecule has 0 aliphatic rings. The minimum Gasteiger partial charge on any atom is -0.467 e. The Morgan fingerprint density at radius 2 is 1.94 bits per heavy atom. The average Bonchev–Trinajstić information content (AvgIpc) is 2.31. The number of hydrogen-bond donors (Lipinski definition) is 2. The first-order valence-electron chi connectivity index (χ1n) is 5.25. The topological polar surface area (TPSA) is 67.4 Å². The maximum atomic E-state index is 11.6. The first-order valence-corrected chi connectivity index (χ1v) is 5.25. The van der Waals surface area contributed by atoms with E-state index >= 15 is 0 Å². The molecule has 1 rings (SSSR count). The van der Waals surface area contributed by atoms with Gasteiger partial charge in [0.15, 0.2) is 0 Å². The average molecular weight is 236 g/mol. The van der Waals surface area contributed by atoms with Crippen LogP contribution in [-0.2, 0) is 9.53 Å². The van der Waals surface area contributed by atoms with Gasteiger partial charge < -0.3 is 15.4 Å². The fraction of sp³-hybridized carbons (Fsp3) is 0.333. The van der Waals surface area contributed by atoms with Gasteiger partial charge in [-0.05, 0) is 25.5 Å². The van der Waals surface area contributed by atoms with Crippen molar-refractivity contribution in [2.75, 3.05) is 12.4 Å². The number of methoxy groups -OCH3 is 1. The lowest BCUT2D eigenvalue weighted by Gasteiger charge is -2.13. The molecule has 5 heteroatoms. The summed E-state index contributed by atoms with van der Waals surface area (Å²) in [7, 11) is 1.28. The summed E-state index contributed by atoms with van der Waals surface area (Å²) in [5.74, 6) is -0.482. The molecule has 1 aromatic carbocycles. The van der Waals surface area contributed by atoms with Gasteiger partial charge in [0, 0.05) is 5.69 Å². The lowest BCUT2D eigenvalue weighted by atomic mass is 10.2. The second kappa shape index (κ2) is 5.89. The van der Waals surface area contributed by atoms with Gasteiger partial charge in [0.1, 0.15) is 6.04 Å². The van der Waals surface area contributed by atoms with Crippen molar-refractivity contribution in [1.82, 2.24) is 5.32 Å². The van der Waals surface area contributed by atoms with E-state index in [4.69, 9.17) is 0 Å². The highest BCUT2D eigenvalue weighted by molar-refractivity contribution is 5.92. The molecular formula is C12H16N2O3. The van der Waals surface area contributed by atoms with Gasteiger partial charge in [0.05, 0.1) is 7.11 Å². The first-order chi connectivity index (χ1) is 8.04. The van der Waals surface area contributed by atoms with Gasteiger partial charge in [-0.2, -0.15) is 0 Å². The fourth-order valence-corrected chi connectivity index (χ4v) is 1.30. The number of carbonyl (C=O) groups is 2. The van der Waals surface area contributed by atoms with Crippen molar-refractivity contribution in [2.24, 2.45) is 0 Å². The van der Waals surface area contributed by atoms with E-state index in [0.717, 1.165) is 5.56 Å². The van der Waals surface area contributed by atoms with Gasteiger partial charge in [-0.1, -0.05) is 18.2 Å². The SMILES string of the molecule is COC(=O)C(C)NC(=O)Nc1ccccc1C. The van der Waals surface area contributed by atoms with Crippen LogP contribution in [0.25, 0.3) is 0 Å². The molecule has 0 fully saturated rings. The number of carbonyl (C=O) groups excluding carboxylic acids is 2. The molecule has 1 atom stereocenters. The van der Waals surface area contributed by atoms with Crippen LogP contribution in [-0.4, -0.2) is 25.2 Å². The molecule has 0 saturated heterocycles. The zero-order valence-corrected chi connectivity index (χ0v) is 10.1. The Hall–Kier alpha value is -2.04. The number of ether oxygens (including phenoxy) is 1. The summed E-state index contributed by atoms with van der Waals surface area (Å²) >= 11 is 0. The predicted octanol–water partition coefficient (Wildman–Crippen LogP) is 1.68. The Labute approximate surface area is 100 Å². The van der Waals surface area contributed by atoms with Gasteiger partial charge in [-0.25, -0.2) is 9.59 Å². The van der Waals surface area contributed by atoms with E-state index in [1.54, 1.807) is 13.0 Å². The molecule has 0 aliphatic carbocycles. The quantitative estimate of drug-likeness (QED) is 0.784. The van der Waals surface area contributed by atoms with Gasteiger partial charge in [0.2, 0.25) is 0 Å². The second-order valence-electron chi connectivity index (χ2n) is 3.66. The highest BCUT2D eigenvalue weighted by Crippen LogP contribution is 2.12. The van der Waals surface area contributed by atoms with E-state index in [2.05, 4.69) is 15.4 Å². The van der Waals surface area contributed by atoms with E-state index in [1.165, 1.54) is 7.11 Å². The molecule has 2 N–H and O–H groups in total. The number of anilines is 1. The first kappa shape index (κ1) is 13.0. The molecule has 0 heterocycles. The summed E-state index contributed by atoms with van der Waals surface area (Å²) in [6.45, 7) is 3.45. The molecule has 0 aliphatic heterocycles. The molecule has 2 amide bonds. The van der Waals surface area contributed by atoms with Crippen LogP contribution < -0.4 is 10.6 Å². The van der Waals surface area contributed by atoms with Crippen LogP contribution in [0.15, 0.2) is 24.3 Å². The highest BCUT2D eigenvalue weighted by atomic mass is 16.5. The standard InChI is InChI=1S/C12H16N2O3/c1-8-6-4-5-7-10(8)14-12(16)13-9(2)11(15)17-3/h4-7,9H,1-3H3,(H2,13,14,16). The van der Waals surface area contributed by atoms with Crippen LogP contribution in [0.5, 0.6) is 0 Å². The number of urea groups is 1. The Morgan fingerprint density at radius 1 is 1.29 bits per heavy atom. The molecule has 0 saturated carbocycles. The smallest absolute Gasteiger partial charge is 0.328 e. The number of amides is 2. The van der Waals surface area contributed by atoms with Crippen LogP contribution >= 0.6 is 0 Å². The van der Waals surface area contributed by atoms with Gasteiger partial charge >= 0.3 is 12.0 Å². The van der Waals surface area contributed by atoms with Crippen molar-refractivity contribution in [2.45, 2.75) is 19.9 Å². The van der Waals surface area contributed by atoms with Gasteiger partial charge in [-0.3, -0.25) is 0 Å². The van der Waals surface area contributed by atoms with Gasteiger partial charge in [0.25, 0.3) is 0 Å². The van der Waals surface area contributed by atoms with Crippen LogP contribution in [0.2, 0.25) is 0 Å². The molecule has 5 nitrogen and oxygen atoms in total. The Kier molecular flexibility index (Phi) is 4.51. The number of rotatable bonds is 3. The maximum Gasteiger partial charge on any atom is 0.328 e. The summed E-state index contributed by atoms with van der Waals surface area (Å²) in [5.41, 5.74) is 1.66. The van der Waals surface area contributed by atoms with Crippen molar-refractivity contribution < 1.29 is 14.3 Å². The number of nitrogens with one attached hydrogen (secondary N) is 2. The molecule has 1 unspecified atom stereocenters. The van der Waals surface area contributed by atoms with Crippen LogP contribution in [0.3, 0.4) is 0 Å². The molecule has 17 heavy (non-hydrogen) atoms. The fourth-order valence-electron chi connectivity index (χ4n) is 1.30. The van der Waals surface area contributed by atoms with Crippen molar-refractivity contribution >= 4 is 17.7 Å². The second-order valence-corrected chi connectivity index (χ2v) is 3.66. The summed E-state index contributed by atoms with van der Waals surface area (Å²) in [6, 6.07) is 6.28.